The summed E-state index contributed by atoms with van der Waals surface area (Å²) in [6, 6.07) is 1.18. The number of rotatable bonds is 5. The van der Waals surface area contributed by atoms with Crippen LogP contribution in [0, 0.1) is 0 Å². The Morgan fingerprint density at radius 3 is 2.64 bits per heavy atom. The molecule has 122 valence electrons. The molecular weight excluding hydrogens is 316 g/mol. The van der Waals surface area contributed by atoms with Gasteiger partial charge in [0.05, 0.1) is 23.9 Å². The third-order valence-corrected chi connectivity index (χ3v) is 4.07. The second-order valence-electron chi connectivity index (χ2n) is 5.39. The summed E-state index contributed by atoms with van der Waals surface area (Å²) in [5, 5.41) is 9.68. The first-order chi connectivity index (χ1) is 10.4. The molecule has 22 heavy (non-hydrogen) atoms. The Hall–Kier alpha value is -1.47. The minimum Gasteiger partial charge on any atom is -0.393 e. The summed E-state index contributed by atoms with van der Waals surface area (Å²) in [6.07, 6.45) is 0.430. The van der Waals surface area contributed by atoms with Gasteiger partial charge in [0.15, 0.2) is 0 Å². The zero-order valence-corrected chi connectivity index (χ0v) is 12.6. The maximum atomic E-state index is 13.0. The zero-order valence-electron chi connectivity index (χ0n) is 11.9. The van der Waals surface area contributed by atoms with Crippen molar-refractivity contribution in [2.75, 3.05) is 11.4 Å². The van der Waals surface area contributed by atoms with Crippen molar-refractivity contribution < 1.29 is 18.7 Å². The predicted molar refractivity (Wildman–Crippen MR) is 79.4 cm³/mol. The van der Waals surface area contributed by atoms with E-state index in [9.17, 15) is 18.7 Å². The topological polar surface area (TPSA) is 79.5 Å². The van der Waals surface area contributed by atoms with Gasteiger partial charge in [0.1, 0.15) is 5.15 Å². The van der Waals surface area contributed by atoms with Gasteiger partial charge in [-0.25, -0.2) is 13.8 Å². The summed E-state index contributed by atoms with van der Waals surface area (Å²) in [5.41, 5.74) is 5.65. The Morgan fingerprint density at radius 2 is 2.09 bits per heavy atom. The third-order valence-electron chi connectivity index (χ3n) is 3.87. The number of aromatic nitrogens is 1. The fourth-order valence-corrected chi connectivity index (χ4v) is 2.96. The van der Waals surface area contributed by atoms with Crippen LogP contribution in [0.3, 0.4) is 0 Å². The van der Waals surface area contributed by atoms with Gasteiger partial charge in [0, 0.05) is 12.2 Å². The van der Waals surface area contributed by atoms with Gasteiger partial charge in [-0.3, -0.25) is 4.79 Å². The van der Waals surface area contributed by atoms with Crippen molar-refractivity contribution in [1.29, 1.82) is 0 Å². The number of nitrogens with zero attached hydrogens (tertiary/aromatic N) is 2. The number of hydrogen-bond donors (Lipinski definition) is 2. The molecule has 1 fully saturated rings. The van der Waals surface area contributed by atoms with Crippen LogP contribution in [-0.4, -0.2) is 41.1 Å². The lowest BCUT2D eigenvalue weighted by Gasteiger charge is -2.37. The SMILES string of the molecule is NC(=O)c1cnc(Cl)cc1N(CC(F)F)C1CCC(O)CC1. The Kier molecular flexibility index (Phi) is 5.52. The molecule has 1 aliphatic rings. The van der Waals surface area contributed by atoms with Crippen LogP contribution in [-0.2, 0) is 0 Å². The van der Waals surface area contributed by atoms with E-state index in [-0.39, 0.29) is 22.4 Å². The number of pyridine rings is 1. The Bertz CT molecular complexity index is 537. The average Bonchev–Trinajstić information content (AvgIpc) is 2.45. The van der Waals surface area contributed by atoms with Crippen molar-refractivity contribution in [3.05, 3.63) is 23.0 Å². The van der Waals surface area contributed by atoms with Gasteiger partial charge in [-0.1, -0.05) is 11.6 Å². The monoisotopic (exact) mass is 333 g/mol. The third kappa shape index (κ3) is 4.04. The molecule has 8 heteroatoms. The first-order valence-electron chi connectivity index (χ1n) is 7.06. The summed E-state index contributed by atoms with van der Waals surface area (Å²) in [6.45, 7) is -0.526. The summed E-state index contributed by atoms with van der Waals surface area (Å²) in [5.74, 6) is -0.741. The zero-order chi connectivity index (χ0) is 16.3. The molecule has 1 saturated carbocycles. The Balaban J connectivity index is 2.36. The Labute approximate surface area is 132 Å². The first kappa shape index (κ1) is 16.9. The normalized spacial score (nSPS) is 21.9. The summed E-state index contributed by atoms with van der Waals surface area (Å²) >= 11 is 5.85. The minimum absolute atomic E-state index is 0.0659. The van der Waals surface area contributed by atoms with Crippen molar-refractivity contribution >= 4 is 23.2 Å². The summed E-state index contributed by atoms with van der Waals surface area (Å²) in [4.78, 5) is 16.8. The van der Waals surface area contributed by atoms with Gasteiger partial charge in [-0.2, -0.15) is 0 Å². The lowest BCUT2D eigenvalue weighted by Crippen LogP contribution is -2.42. The quantitative estimate of drug-likeness (QED) is 0.810. The first-order valence-corrected chi connectivity index (χ1v) is 7.44. The van der Waals surface area contributed by atoms with Gasteiger partial charge in [0.2, 0.25) is 0 Å². The van der Waals surface area contributed by atoms with Crippen molar-refractivity contribution in [2.45, 2.75) is 44.3 Å². The number of halogens is 3. The molecule has 3 N–H and O–H groups in total. The number of alkyl halides is 2. The molecule has 1 aliphatic carbocycles. The maximum absolute atomic E-state index is 13.0. The Morgan fingerprint density at radius 1 is 1.45 bits per heavy atom. The molecule has 5 nitrogen and oxygen atoms in total. The number of primary amides is 1. The molecule has 0 unspecified atom stereocenters. The molecule has 0 saturated heterocycles. The number of anilines is 1. The van der Waals surface area contributed by atoms with Crippen molar-refractivity contribution in [3.63, 3.8) is 0 Å². The lowest BCUT2D eigenvalue weighted by molar-refractivity contribution is 0.0996. The van der Waals surface area contributed by atoms with E-state index < -0.39 is 25.0 Å². The molecule has 0 aliphatic heterocycles. The molecule has 1 heterocycles. The largest absolute Gasteiger partial charge is 0.393 e. The van der Waals surface area contributed by atoms with Gasteiger partial charge in [-0.15, -0.1) is 0 Å². The molecule has 0 bridgehead atoms. The molecule has 0 aromatic carbocycles. The molecule has 0 atom stereocenters. The van der Waals surface area contributed by atoms with Crippen LogP contribution in [0.25, 0.3) is 0 Å². The number of aliphatic hydroxyl groups is 1. The molecule has 2 rings (SSSR count). The predicted octanol–water partition coefficient (Wildman–Crippen LogP) is 2.21. The molecular formula is C14H18ClF2N3O2. The van der Waals surface area contributed by atoms with E-state index in [1.165, 1.54) is 17.2 Å². The second-order valence-corrected chi connectivity index (χ2v) is 5.78. The number of nitrogens with two attached hydrogens (primary N) is 1. The molecule has 0 spiro atoms. The molecule has 0 radical (unpaired) electrons. The van der Waals surface area contributed by atoms with Crippen molar-refractivity contribution in [1.82, 2.24) is 4.98 Å². The molecule has 1 aromatic rings. The lowest BCUT2D eigenvalue weighted by atomic mass is 9.91. The molecule has 1 aromatic heterocycles. The highest BCUT2D eigenvalue weighted by atomic mass is 35.5. The second kappa shape index (κ2) is 7.19. The fraction of sp³-hybridized carbons (Fsp3) is 0.571. The van der Waals surface area contributed by atoms with Crippen LogP contribution in [0.1, 0.15) is 36.0 Å². The smallest absolute Gasteiger partial charge is 0.255 e. The van der Waals surface area contributed by atoms with E-state index in [1.807, 2.05) is 0 Å². The molecule has 1 amide bonds. The van der Waals surface area contributed by atoms with Crippen LogP contribution >= 0.6 is 11.6 Å². The summed E-state index contributed by atoms with van der Waals surface area (Å²) in [7, 11) is 0. The minimum atomic E-state index is -2.57. The van der Waals surface area contributed by atoms with E-state index in [0.717, 1.165) is 0 Å². The van der Waals surface area contributed by atoms with Crippen LogP contribution < -0.4 is 10.6 Å². The highest BCUT2D eigenvalue weighted by molar-refractivity contribution is 6.29. The van der Waals surface area contributed by atoms with Crippen LogP contribution in [0.5, 0.6) is 0 Å². The van der Waals surface area contributed by atoms with E-state index in [4.69, 9.17) is 17.3 Å². The van der Waals surface area contributed by atoms with E-state index in [0.29, 0.717) is 25.7 Å². The number of carbonyl (C=O) groups excluding carboxylic acids is 1. The number of aliphatic hydroxyl groups excluding tert-OH is 1. The summed E-state index contributed by atoms with van der Waals surface area (Å²) < 4.78 is 26.0. The number of amides is 1. The fourth-order valence-electron chi connectivity index (χ4n) is 2.81. The van der Waals surface area contributed by atoms with Gasteiger partial charge in [0.25, 0.3) is 12.3 Å². The number of carbonyl (C=O) groups is 1. The highest BCUT2D eigenvalue weighted by Crippen LogP contribution is 2.31. The number of hydrogen-bond acceptors (Lipinski definition) is 4. The van der Waals surface area contributed by atoms with Crippen LogP contribution in [0.15, 0.2) is 12.3 Å². The van der Waals surface area contributed by atoms with Crippen LogP contribution in [0.4, 0.5) is 14.5 Å². The average molecular weight is 334 g/mol. The maximum Gasteiger partial charge on any atom is 0.255 e. The van der Waals surface area contributed by atoms with Crippen LogP contribution in [0.2, 0.25) is 5.15 Å². The van der Waals surface area contributed by atoms with E-state index in [1.54, 1.807) is 0 Å². The van der Waals surface area contributed by atoms with E-state index >= 15 is 0 Å². The van der Waals surface area contributed by atoms with E-state index in [2.05, 4.69) is 4.98 Å². The standard InChI is InChI=1S/C14H18ClF2N3O2/c15-12-5-11(10(6-19-12)14(18)22)20(7-13(16)17)8-1-3-9(21)4-2-8/h5-6,8-9,13,21H,1-4,7H2,(H2,18,22). The van der Waals surface area contributed by atoms with Gasteiger partial charge in [-0.05, 0) is 31.7 Å². The van der Waals surface area contributed by atoms with Crippen molar-refractivity contribution in [2.24, 2.45) is 5.73 Å². The van der Waals surface area contributed by atoms with Gasteiger partial charge < -0.3 is 15.7 Å². The van der Waals surface area contributed by atoms with Crippen molar-refractivity contribution in [3.8, 4) is 0 Å². The highest BCUT2D eigenvalue weighted by Gasteiger charge is 2.29. The van der Waals surface area contributed by atoms with Gasteiger partial charge >= 0.3 is 0 Å².